The molecule has 0 atom stereocenters. The second-order valence-electron chi connectivity index (χ2n) is 3.39. The topological polar surface area (TPSA) is 91.3 Å². The molecule has 0 spiro atoms. The molecule has 7 heteroatoms. The molecule has 17 heavy (non-hydrogen) atoms. The molecule has 0 saturated carbocycles. The van der Waals surface area contributed by atoms with Gasteiger partial charge in [0.1, 0.15) is 5.01 Å². The fraction of sp³-hybridized carbons (Fsp3) is 0.500. The quantitative estimate of drug-likeness (QED) is 0.617. The SMILES string of the molecule is CCCNCC(=O)NCc1nc(C(=O)O)cs1. The van der Waals surface area contributed by atoms with E-state index in [9.17, 15) is 9.59 Å². The molecule has 0 bridgehead atoms. The fourth-order valence-corrected chi connectivity index (χ4v) is 1.81. The smallest absolute Gasteiger partial charge is 0.355 e. The normalized spacial score (nSPS) is 10.2. The molecule has 3 N–H and O–H groups in total. The van der Waals surface area contributed by atoms with Crippen molar-refractivity contribution in [3.63, 3.8) is 0 Å². The molecule has 0 aromatic carbocycles. The van der Waals surface area contributed by atoms with Crippen molar-refractivity contribution >= 4 is 23.2 Å². The first-order valence-electron chi connectivity index (χ1n) is 5.28. The van der Waals surface area contributed by atoms with Crippen LogP contribution in [0.25, 0.3) is 0 Å². The maximum atomic E-state index is 11.3. The summed E-state index contributed by atoms with van der Waals surface area (Å²) >= 11 is 1.22. The van der Waals surface area contributed by atoms with Gasteiger partial charge in [0.25, 0.3) is 0 Å². The number of carbonyl (C=O) groups excluding carboxylic acids is 1. The summed E-state index contributed by atoms with van der Waals surface area (Å²) in [6, 6.07) is 0. The Morgan fingerprint density at radius 2 is 2.29 bits per heavy atom. The van der Waals surface area contributed by atoms with Gasteiger partial charge < -0.3 is 15.7 Å². The number of nitrogens with zero attached hydrogens (tertiary/aromatic N) is 1. The van der Waals surface area contributed by atoms with Crippen molar-refractivity contribution in [2.45, 2.75) is 19.9 Å². The van der Waals surface area contributed by atoms with Gasteiger partial charge in [0, 0.05) is 5.38 Å². The molecule has 1 rings (SSSR count). The molecule has 94 valence electrons. The van der Waals surface area contributed by atoms with E-state index in [-0.39, 0.29) is 24.7 Å². The Hall–Kier alpha value is -1.47. The number of carboxylic acid groups (broad SMARTS) is 1. The number of hydrogen-bond donors (Lipinski definition) is 3. The molecule has 1 amide bonds. The van der Waals surface area contributed by atoms with Crippen LogP contribution >= 0.6 is 11.3 Å². The molecule has 1 heterocycles. The van der Waals surface area contributed by atoms with Crippen LogP contribution in [-0.4, -0.2) is 35.1 Å². The van der Waals surface area contributed by atoms with Crippen LogP contribution in [0.15, 0.2) is 5.38 Å². The molecule has 0 saturated heterocycles. The molecule has 0 radical (unpaired) electrons. The third-order valence-electron chi connectivity index (χ3n) is 1.92. The highest BCUT2D eigenvalue weighted by molar-refractivity contribution is 7.09. The first-order chi connectivity index (χ1) is 8.13. The summed E-state index contributed by atoms with van der Waals surface area (Å²) in [5.41, 5.74) is 0.0170. The van der Waals surface area contributed by atoms with Gasteiger partial charge in [0.15, 0.2) is 5.69 Å². The highest BCUT2D eigenvalue weighted by Gasteiger charge is 2.09. The van der Waals surface area contributed by atoms with Crippen molar-refractivity contribution in [2.24, 2.45) is 0 Å². The summed E-state index contributed by atoms with van der Waals surface area (Å²) in [4.78, 5) is 25.8. The fourth-order valence-electron chi connectivity index (χ4n) is 1.11. The second-order valence-corrected chi connectivity index (χ2v) is 4.33. The van der Waals surface area contributed by atoms with Crippen LogP contribution in [-0.2, 0) is 11.3 Å². The van der Waals surface area contributed by atoms with E-state index >= 15 is 0 Å². The Morgan fingerprint density at radius 3 is 2.88 bits per heavy atom. The lowest BCUT2D eigenvalue weighted by Gasteiger charge is -2.03. The van der Waals surface area contributed by atoms with E-state index in [0.29, 0.717) is 5.01 Å². The standard InChI is InChI=1S/C10H15N3O3S/c1-2-3-11-4-8(14)12-5-9-13-7(6-17-9)10(15)16/h6,11H,2-5H2,1H3,(H,12,14)(H,15,16). The van der Waals surface area contributed by atoms with Gasteiger partial charge in [-0.15, -0.1) is 11.3 Å². The number of rotatable bonds is 7. The molecular formula is C10H15N3O3S. The minimum Gasteiger partial charge on any atom is -0.476 e. The van der Waals surface area contributed by atoms with Gasteiger partial charge in [-0.1, -0.05) is 6.92 Å². The minimum atomic E-state index is -1.05. The van der Waals surface area contributed by atoms with Gasteiger partial charge in [-0.3, -0.25) is 4.79 Å². The van der Waals surface area contributed by atoms with E-state index in [1.165, 1.54) is 16.7 Å². The van der Waals surface area contributed by atoms with Gasteiger partial charge in [0.05, 0.1) is 13.1 Å². The highest BCUT2D eigenvalue weighted by Crippen LogP contribution is 2.08. The Balaban J connectivity index is 2.29. The summed E-state index contributed by atoms with van der Waals surface area (Å²) in [5.74, 6) is -1.17. The molecule has 0 aliphatic heterocycles. The Bertz CT molecular complexity index is 392. The number of aromatic nitrogens is 1. The summed E-state index contributed by atoms with van der Waals surface area (Å²) in [5, 5.41) is 16.3. The first kappa shape index (κ1) is 13.6. The van der Waals surface area contributed by atoms with Gasteiger partial charge >= 0.3 is 5.97 Å². The average Bonchev–Trinajstić information content (AvgIpc) is 2.75. The summed E-state index contributed by atoms with van der Waals surface area (Å²) in [7, 11) is 0. The van der Waals surface area contributed by atoms with Crippen molar-refractivity contribution in [1.29, 1.82) is 0 Å². The highest BCUT2D eigenvalue weighted by atomic mass is 32.1. The minimum absolute atomic E-state index is 0.0170. The average molecular weight is 257 g/mol. The van der Waals surface area contributed by atoms with Crippen LogP contribution in [0, 0.1) is 0 Å². The van der Waals surface area contributed by atoms with E-state index in [2.05, 4.69) is 15.6 Å². The first-order valence-corrected chi connectivity index (χ1v) is 6.16. The number of aromatic carboxylic acids is 1. The van der Waals surface area contributed by atoms with Crippen molar-refractivity contribution in [3.8, 4) is 0 Å². The van der Waals surface area contributed by atoms with Crippen LogP contribution in [0.4, 0.5) is 0 Å². The van der Waals surface area contributed by atoms with Crippen molar-refractivity contribution in [2.75, 3.05) is 13.1 Å². The number of thiazole rings is 1. The third-order valence-corrected chi connectivity index (χ3v) is 2.77. The van der Waals surface area contributed by atoms with Crippen LogP contribution in [0.1, 0.15) is 28.8 Å². The molecule has 6 nitrogen and oxygen atoms in total. The van der Waals surface area contributed by atoms with Crippen molar-refractivity contribution in [1.82, 2.24) is 15.6 Å². The molecule has 0 aliphatic rings. The number of carbonyl (C=O) groups is 2. The van der Waals surface area contributed by atoms with Gasteiger partial charge in [-0.05, 0) is 13.0 Å². The third kappa shape index (κ3) is 4.92. The lowest BCUT2D eigenvalue weighted by Crippen LogP contribution is -2.33. The molecule has 0 fully saturated rings. The number of amides is 1. The Kier molecular flexibility index (Phi) is 5.58. The predicted octanol–water partition coefficient (Wildman–Crippen LogP) is 0.457. The van der Waals surface area contributed by atoms with E-state index in [4.69, 9.17) is 5.11 Å². The molecular weight excluding hydrogens is 242 g/mol. The van der Waals surface area contributed by atoms with Crippen LogP contribution in [0.2, 0.25) is 0 Å². The van der Waals surface area contributed by atoms with Crippen molar-refractivity contribution < 1.29 is 14.7 Å². The zero-order valence-electron chi connectivity index (χ0n) is 9.52. The van der Waals surface area contributed by atoms with Gasteiger partial charge in [-0.2, -0.15) is 0 Å². The lowest BCUT2D eigenvalue weighted by molar-refractivity contribution is -0.120. The summed E-state index contributed by atoms with van der Waals surface area (Å²) < 4.78 is 0. The lowest BCUT2D eigenvalue weighted by atomic mass is 10.4. The summed E-state index contributed by atoms with van der Waals surface area (Å²) in [6.45, 7) is 3.36. The van der Waals surface area contributed by atoms with E-state index in [0.717, 1.165) is 13.0 Å². The number of nitrogens with one attached hydrogen (secondary N) is 2. The van der Waals surface area contributed by atoms with E-state index < -0.39 is 5.97 Å². The molecule has 0 aliphatic carbocycles. The van der Waals surface area contributed by atoms with Gasteiger partial charge in [0.2, 0.25) is 5.91 Å². The van der Waals surface area contributed by atoms with Crippen LogP contribution in [0.5, 0.6) is 0 Å². The monoisotopic (exact) mass is 257 g/mol. The second kappa shape index (κ2) is 6.97. The van der Waals surface area contributed by atoms with Gasteiger partial charge in [-0.25, -0.2) is 9.78 Å². The number of carboxylic acids is 1. The predicted molar refractivity (Wildman–Crippen MR) is 64.1 cm³/mol. The van der Waals surface area contributed by atoms with E-state index in [1.807, 2.05) is 6.92 Å². The number of hydrogen-bond acceptors (Lipinski definition) is 5. The maximum Gasteiger partial charge on any atom is 0.355 e. The zero-order valence-corrected chi connectivity index (χ0v) is 10.3. The largest absolute Gasteiger partial charge is 0.476 e. The zero-order chi connectivity index (χ0) is 12.7. The van der Waals surface area contributed by atoms with E-state index in [1.54, 1.807) is 0 Å². The Labute approximate surface area is 103 Å². The van der Waals surface area contributed by atoms with Crippen LogP contribution in [0.3, 0.4) is 0 Å². The van der Waals surface area contributed by atoms with Crippen molar-refractivity contribution in [3.05, 3.63) is 16.1 Å². The summed E-state index contributed by atoms with van der Waals surface area (Å²) in [6.07, 6.45) is 0.974. The maximum absolute atomic E-state index is 11.3. The molecule has 0 unspecified atom stereocenters. The molecule has 1 aromatic rings. The van der Waals surface area contributed by atoms with Crippen LogP contribution < -0.4 is 10.6 Å². The molecule has 1 aromatic heterocycles. The Morgan fingerprint density at radius 1 is 1.53 bits per heavy atom.